The Balaban J connectivity index is 1.29. The van der Waals surface area contributed by atoms with Crippen LogP contribution in [0, 0.1) is 0 Å². The number of fused-ring (bicyclic) bond motifs is 1. The van der Waals surface area contributed by atoms with Gasteiger partial charge in [-0.15, -0.1) is 0 Å². The Morgan fingerprint density at radius 1 is 1.03 bits per heavy atom. The lowest BCUT2D eigenvalue weighted by Gasteiger charge is -2.36. The molecule has 4 rings (SSSR count). The van der Waals surface area contributed by atoms with Gasteiger partial charge in [0.05, 0.1) is 0 Å². The number of guanidine groups is 1. The van der Waals surface area contributed by atoms with E-state index in [-0.39, 0.29) is 6.61 Å². The van der Waals surface area contributed by atoms with Crippen molar-refractivity contribution >= 4 is 22.6 Å². The standard InChI is InChI=1S/C26H31N5O2/c1-28-26(29-17-20-6-4-10-23(16-20)33-19-25(27)32)31-14-12-30(13-15-31)18-22-9-5-8-21-7-2-3-11-24(21)22/h2-11,16H,12-15,17-19H2,1H3,(H2,27,32)(H,28,29). The largest absolute Gasteiger partial charge is 0.484 e. The Kier molecular flexibility index (Phi) is 7.42. The fourth-order valence-electron chi connectivity index (χ4n) is 4.20. The predicted octanol–water partition coefficient (Wildman–Crippen LogP) is 2.60. The molecule has 1 fully saturated rings. The number of carbonyl (C=O) groups excluding carboxylic acids is 1. The van der Waals surface area contributed by atoms with Gasteiger partial charge in [0.15, 0.2) is 12.6 Å². The van der Waals surface area contributed by atoms with Crippen LogP contribution in [0.4, 0.5) is 0 Å². The monoisotopic (exact) mass is 445 g/mol. The third-order valence-corrected chi connectivity index (χ3v) is 5.89. The highest BCUT2D eigenvalue weighted by Crippen LogP contribution is 2.20. The summed E-state index contributed by atoms with van der Waals surface area (Å²) in [5.74, 6) is 1.03. The zero-order valence-electron chi connectivity index (χ0n) is 19.0. The van der Waals surface area contributed by atoms with E-state index in [1.807, 2.05) is 31.3 Å². The van der Waals surface area contributed by atoms with Gasteiger partial charge < -0.3 is 20.7 Å². The van der Waals surface area contributed by atoms with E-state index in [4.69, 9.17) is 10.5 Å². The lowest BCUT2D eigenvalue weighted by Crippen LogP contribution is -2.52. The first-order valence-electron chi connectivity index (χ1n) is 11.3. The fraction of sp³-hybridized carbons (Fsp3) is 0.308. The van der Waals surface area contributed by atoms with Crippen LogP contribution in [0.5, 0.6) is 5.75 Å². The Morgan fingerprint density at radius 3 is 2.58 bits per heavy atom. The molecule has 33 heavy (non-hydrogen) atoms. The summed E-state index contributed by atoms with van der Waals surface area (Å²) < 4.78 is 5.40. The van der Waals surface area contributed by atoms with Gasteiger partial charge in [-0.1, -0.05) is 54.6 Å². The third-order valence-electron chi connectivity index (χ3n) is 5.89. The fourth-order valence-corrected chi connectivity index (χ4v) is 4.20. The van der Waals surface area contributed by atoms with Gasteiger partial charge in [0.2, 0.25) is 0 Å². The predicted molar refractivity (Wildman–Crippen MR) is 132 cm³/mol. The van der Waals surface area contributed by atoms with Crippen molar-refractivity contribution in [2.75, 3.05) is 39.8 Å². The smallest absolute Gasteiger partial charge is 0.255 e. The first-order valence-corrected chi connectivity index (χ1v) is 11.3. The molecule has 172 valence electrons. The minimum Gasteiger partial charge on any atom is -0.484 e. The zero-order valence-corrected chi connectivity index (χ0v) is 19.0. The third kappa shape index (κ3) is 6.02. The number of nitrogens with two attached hydrogens (primary N) is 1. The van der Waals surface area contributed by atoms with Gasteiger partial charge in [-0.05, 0) is 34.0 Å². The average Bonchev–Trinajstić information content (AvgIpc) is 2.84. The Labute approximate surface area is 194 Å². The van der Waals surface area contributed by atoms with Gasteiger partial charge in [-0.2, -0.15) is 0 Å². The van der Waals surface area contributed by atoms with E-state index in [0.29, 0.717) is 12.3 Å². The lowest BCUT2D eigenvalue weighted by atomic mass is 10.0. The van der Waals surface area contributed by atoms with Crippen LogP contribution < -0.4 is 15.8 Å². The number of nitrogens with one attached hydrogen (secondary N) is 1. The Morgan fingerprint density at radius 2 is 1.79 bits per heavy atom. The van der Waals surface area contributed by atoms with Crippen LogP contribution in [0.1, 0.15) is 11.1 Å². The Bertz CT molecular complexity index is 1120. The summed E-state index contributed by atoms with van der Waals surface area (Å²) >= 11 is 0. The van der Waals surface area contributed by atoms with Gasteiger partial charge in [0, 0.05) is 46.3 Å². The molecule has 1 amide bonds. The second-order valence-electron chi connectivity index (χ2n) is 8.20. The van der Waals surface area contributed by atoms with Crippen molar-refractivity contribution in [3.63, 3.8) is 0 Å². The molecule has 3 N–H and O–H groups in total. The van der Waals surface area contributed by atoms with Crippen LogP contribution in [-0.4, -0.2) is 61.5 Å². The highest BCUT2D eigenvalue weighted by molar-refractivity contribution is 5.85. The van der Waals surface area contributed by atoms with Crippen molar-refractivity contribution in [2.45, 2.75) is 13.1 Å². The van der Waals surface area contributed by atoms with E-state index in [1.54, 1.807) is 0 Å². The normalized spacial score (nSPS) is 14.9. The molecule has 3 aromatic rings. The quantitative estimate of drug-likeness (QED) is 0.432. The average molecular weight is 446 g/mol. The van der Waals surface area contributed by atoms with Crippen LogP contribution in [0.2, 0.25) is 0 Å². The minimum absolute atomic E-state index is 0.123. The molecule has 1 saturated heterocycles. The summed E-state index contributed by atoms with van der Waals surface area (Å²) in [7, 11) is 1.82. The number of rotatable bonds is 7. The van der Waals surface area contributed by atoms with Crippen LogP contribution in [0.3, 0.4) is 0 Å². The van der Waals surface area contributed by atoms with E-state index in [0.717, 1.165) is 44.2 Å². The second kappa shape index (κ2) is 10.8. The number of benzene rings is 3. The molecule has 1 heterocycles. The van der Waals surface area contributed by atoms with Crippen LogP contribution in [-0.2, 0) is 17.9 Å². The molecule has 0 unspecified atom stereocenters. The maximum Gasteiger partial charge on any atom is 0.255 e. The van der Waals surface area contributed by atoms with Crippen molar-refractivity contribution < 1.29 is 9.53 Å². The summed E-state index contributed by atoms with van der Waals surface area (Å²) in [4.78, 5) is 20.2. The first-order chi connectivity index (χ1) is 16.1. The molecule has 0 saturated carbocycles. The van der Waals surface area contributed by atoms with Gasteiger partial charge in [-0.25, -0.2) is 0 Å². The minimum atomic E-state index is -0.487. The number of carbonyl (C=O) groups is 1. The number of aliphatic imine (C=N–C) groups is 1. The molecule has 0 aliphatic carbocycles. The lowest BCUT2D eigenvalue weighted by molar-refractivity contribution is -0.119. The number of piperazine rings is 1. The zero-order chi connectivity index (χ0) is 23.0. The summed E-state index contributed by atoms with van der Waals surface area (Å²) in [5.41, 5.74) is 7.58. The number of amides is 1. The molecule has 7 nitrogen and oxygen atoms in total. The van der Waals surface area contributed by atoms with Gasteiger partial charge >= 0.3 is 0 Å². The van der Waals surface area contributed by atoms with Crippen LogP contribution >= 0.6 is 0 Å². The molecular weight excluding hydrogens is 414 g/mol. The van der Waals surface area contributed by atoms with Crippen LogP contribution in [0.15, 0.2) is 71.7 Å². The van der Waals surface area contributed by atoms with Gasteiger partial charge in [0.1, 0.15) is 5.75 Å². The van der Waals surface area contributed by atoms with Crippen LogP contribution in [0.25, 0.3) is 10.8 Å². The van der Waals surface area contributed by atoms with Gasteiger partial charge in [0.25, 0.3) is 5.91 Å². The number of primary amides is 1. The highest BCUT2D eigenvalue weighted by Gasteiger charge is 2.20. The summed E-state index contributed by atoms with van der Waals surface area (Å²) in [6.45, 7) is 5.27. The first kappa shape index (κ1) is 22.6. The number of nitrogens with zero attached hydrogens (tertiary/aromatic N) is 3. The molecule has 0 spiro atoms. The maximum atomic E-state index is 10.9. The molecule has 7 heteroatoms. The topological polar surface area (TPSA) is 83.2 Å². The van der Waals surface area contributed by atoms with E-state index in [9.17, 15) is 4.79 Å². The number of hydrogen-bond acceptors (Lipinski definition) is 4. The second-order valence-corrected chi connectivity index (χ2v) is 8.20. The van der Waals surface area contributed by atoms with Crippen molar-refractivity contribution in [1.82, 2.24) is 15.1 Å². The van der Waals surface area contributed by atoms with Crippen molar-refractivity contribution in [3.8, 4) is 5.75 Å². The molecule has 3 aromatic carbocycles. The molecule has 1 aliphatic heterocycles. The molecule has 0 radical (unpaired) electrons. The molecular formula is C26H31N5O2. The summed E-state index contributed by atoms with van der Waals surface area (Å²) in [6, 6.07) is 22.8. The van der Waals surface area contributed by atoms with E-state index in [1.165, 1.54) is 16.3 Å². The van der Waals surface area contributed by atoms with E-state index >= 15 is 0 Å². The molecule has 0 atom stereocenters. The SMILES string of the molecule is CN=C(NCc1cccc(OCC(N)=O)c1)N1CCN(Cc2cccc3ccccc23)CC1. The molecule has 0 bridgehead atoms. The number of hydrogen-bond donors (Lipinski definition) is 2. The van der Waals surface area contributed by atoms with Gasteiger partial charge in [-0.3, -0.25) is 14.7 Å². The van der Waals surface area contributed by atoms with E-state index in [2.05, 4.69) is 62.6 Å². The summed E-state index contributed by atoms with van der Waals surface area (Å²) in [6.07, 6.45) is 0. The number of ether oxygens (including phenoxy) is 1. The van der Waals surface area contributed by atoms with Crippen molar-refractivity contribution in [3.05, 3.63) is 77.9 Å². The van der Waals surface area contributed by atoms with Crippen molar-refractivity contribution in [1.29, 1.82) is 0 Å². The van der Waals surface area contributed by atoms with Crippen molar-refractivity contribution in [2.24, 2.45) is 10.7 Å². The maximum absolute atomic E-state index is 10.9. The molecule has 1 aliphatic rings. The summed E-state index contributed by atoms with van der Waals surface area (Å²) in [5, 5.41) is 6.08. The Hall–Kier alpha value is -3.58. The molecule has 0 aromatic heterocycles. The van der Waals surface area contributed by atoms with E-state index < -0.39 is 5.91 Å². The highest BCUT2D eigenvalue weighted by atomic mass is 16.5.